The second-order valence-corrected chi connectivity index (χ2v) is 11.5. The number of carbonyl (C=O) groups excluding carboxylic acids is 2. The molecule has 11 heteroatoms. The third-order valence-electron chi connectivity index (χ3n) is 6.00. The molecule has 190 valence electrons. The smallest absolute Gasteiger partial charge is 0.337 e. The molecule has 0 aliphatic carbocycles. The van der Waals surface area contributed by atoms with E-state index in [1.807, 2.05) is 23.6 Å². The summed E-state index contributed by atoms with van der Waals surface area (Å²) >= 11 is 14.9. The number of esters is 1. The molecule has 1 saturated heterocycles. The third kappa shape index (κ3) is 7.00. The van der Waals surface area contributed by atoms with Gasteiger partial charge in [-0.1, -0.05) is 53.2 Å². The molecule has 0 bridgehead atoms. The summed E-state index contributed by atoms with van der Waals surface area (Å²) in [5.74, 6) is -0.197. The normalized spacial score (nSPS) is 19.6. The van der Waals surface area contributed by atoms with Gasteiger partial charge in [-0.15, -0.1) is 11.3 Å². The second-order valence-electron chi connectivity index (χ2n) is 8.61. The number of rotatable bonds is 8. The van der Waals surface area contributed by atoms with Crippen molar-refractivity contribution in [3.63, 3.8) is 0 Å². The molecule has 0 spiro atoms. The van der Waals surface area contributed by atoms with Gasteiger partial charge in [0.25, 0.3) is 0 Å². The number of thioether (sulfide) groups is 1. The van der Waals surface area contributed by atoms with Crippen LogP contribution >= 0.6 is 46.3 Å². The predicted octanol–water partition coefficient (Wildman–Crippen LogP) is 5.79. The highest BCUT2D eigenvalue weighted by Crippen LogP contribution is 2.29. The fraction of sp³-hybridized carbons (Fsp3) is 0.320. The van der Waals surface area contributed by atoms with Gasteiger partial charge in [-0.2, -0.15) is 0 Å². The molecular formula is C25H25Cl2N3O4S2. The number of nitrogens with zero attached hydrogens (tertiary/aromatic N) is 2. The number of halogens is 2. The number of aromatic nitrogens is 1. The number of likely N-dealkylation sites (tertiary alicyclic amines) is 1. The number of quaternary nitrogens is 1. The Morgan fingerprint density at radius 3 is 2.56 bits per heavy atom. The number of methoxy groups -OCH3 is 1. The van der Waals surface area contributed by atoms with Gasteiger partial charge in [0, 0.05) is 35.4 Å². The summed E-state index contributed by atoms with van der Waals surface area (Å²) in [6.07, 6.45) is 1.26. The minimum Gasteiger partial charge on any atom is -0.633 e. The van der Waals surface area contributed by atoms with E-state index in [1.165, 1.54) is 30.2 Å². The quantitative estimate of drug-likeness (QED) is 0.161. The van der Waals surface area contributed by atoms with Crippen LogP contribution in [0.15, 0.2) is 52.2 Å². The Balaban J connectivity index is 1.22. The lowest BCUT2D eigenvalue weighted by molar-refractivity contribution is -0.898. The molecule has 1 aliphatic rings. The largest absolute Gasteiger partial charge is 0.633 e. The molecule has 1 N–H and O–H groups in total. The highest BCUT2D eigenvalue weighted by molar-refractivity contribution is 8.01. The van der Waals surface area contributed by atoms with E-state index in [4.69, 9.17) is 27.9 Å². The Hall–Kier alpha value is -2.14. The molecule has 1 aromatic heterocycles. The summed E-state index contributed by atoms with van der Waals surface area (Å²) in [4.78, 5) is 28.7. The first-order valence-electron chi connectivity index (χ1n) is 11.3. The van der Waals surface area contributed by atoms with Crippen molar-refractivity contribution < 1.29 is 19.0 Å². The van der Waals surface area contributed by atoms with E-state index in [0.717, 1.165) is 21.2 Å². The molecule has 4 rings (SSSR count). The SMILES string of the molecule is COC(=O)c1ccc(-c2csc(SCC(=O)NC3CC[N+]([O-])(Cc4ccc(Cl)c(Cl)c4)CC3)n2)cc1. The molecule has 1 amide bonds. The molecule has 0 radical (unpaired) electrons. The topological polar surface area (TPSA) is 91.4 Å². The van der Waals surface area contributed by atoms with Crippen molar-refractivity contribution in [3.05, 3.63) is 74.2 Å². The van der Waals surface area contributed by atoms with Crippen LogP contribution in [0.25, 0.3) is 11.3 Å². The molecule has 0 atom stereocenters. The molecule has 36 heavy (non-hydrogen) atoms. The van der Waals surface area contributed by atoms with Crippen LogP contribution in [0.2, 0.25) is 10.0 Å². The van der Waals surface area contributed by atoms with Crippen LogP contribution in [-0.2, 0) is 16.1 Å². The van der Waals surface area contributed by atoms with Gasteiger partial charge in [0.15, 0.2) is 4.34 Å². The number of benzene rings is 2. The van der Waals surface area contributed by atoms with Crippen molar-refractivity contribution >= 4 is 58.2 Å². The van der Waals surface area contributed by atoms with Crippen LogP contribution in [0.3, 0.4) is 0 Å². The van der Waals surface area contributed by atoms with Crippen molar-refractivity contribution in [3.8, 4) is 11.3 Å². The number of amides is 1. The first-order chi connectivity index (χ1) is 17.2. The van der Waals surface area contributed by atoms with E-state index >= 15 is 0 Å². The maximum atomic E-state index is 13.1. The number of thiazole rings is 1. The third-order valence-corrected chi connectivity index (χ3v) is 8.76. The fourth-order valence-corrected chi connectivity index (χ4v) is 6.03. The van der Waals surface area contributed by atoms with Crippen LogP contribution in [-0.4, -0.2) is 53.5 Å². The lowest BCUT2D eigenvalue weighted by Gasteiger charge is -2.47. The zero-order chi connectivity index (χ0) is 25.7. The molecule has 0 unspecified atom stereocenters. The van der Waals surface area contributed by atoms with Gasteiger partial charge in [0.1, 0.15) is 6.54 Å². The average Bonchev–Trinajstić information content (AvgIpc) is 3.35. The van der Waals surface area contributed by atoms with Gasteiger partial charge in [0.05, 0.1) is 47.3 Å². The van der Waals surface area contributed by atoms with Gasteiger partial charge < -0.3 is 19.9 Å². The number of hydroxylamine groups is 3. The molecule has 1 fully saturated rings. The van der Waals surface area contributed by atoms with Crippen LogP contribution in [0.1, 0.15) is 28.8 Å². The van der Waals surface area contributed by atoms with Crippen molar-refractivity contribution in [2.24, 2.45) is 0 Å². The van der Waals surface area contributed by atoms with Gasteiger partial charge in [-0.25, -0.2) is 9.78 Å². The van der Waals surface area contributed by atoms with Crippen LogP contribution in [0.5, 0.6) is 0 Å². The van der Waals surface area contributed by atoms with Crippen molar-refractivity contribution in [2.45, 2.75) is 29.8 Å². The van der Waals surface area contributed by atoms with Gasteiger partial charge in [-0.3, -0.25) is 4.79 Å². The van der Waals surface area contributed by atoms with Crippen LogP contribution in [0.4, 0.5) is 0 Å². The highest BCUT2D eigenvalue weighted by atomic mass is 35.5. The number of carbonyl (C=O) groups is 2. The summed E-state index contributed by atoms with van der Waals surface area (Å²) < 4.78 is 5.18. The zero-order valence-electron chi connectivity index (χ0n) is 19.5. The number of piperidine rings is 1. The van der Waals surface area contributed by atoms with E-state index in [1.54, 1.807) is 24.3 Å². The number of hydrogen-bond donors (Lipinski definition) is 1. The minimum atomic E-state index is -0.383. The van der Waals surface area contributed by atoms with E-state index in [0.29, 0.717) is 48.1 Å². The van der Waals surface area contributed by atoms with E-state index in [9.17, 15) is 14.8 Å². The molecule has 3 aromatic rings. The lowest BCUT2D eigenvalue weighted by Crippen LogP contribution is -2.52. The van der Waals surface area contributed by atoms with Gasteiger partial charge >= 0.3 is 5.97 Å². The first kappa shape index (κ1) is 26.9. The Bertz CT molecular complexity index is 1230. The summed E-state index contributed by atoms with van der Waals surface area (Å²) in [6, 6.07) is 12.3. The lowest BCUT2D eigenvalue weighted by atomic mass is 10.0. The number of hydrogen-bond acceptors (Lipinski definition) is 7. The summed E-state index contributed by atoms with van der Waals surface area (Å²) in [5.41, 5.74) is 3.02. The highest BCUT2D eigenvalue weighted by Gasteiger charge is 2.28. The second kappa shape index (κ2) is 11.9. The minimum absolute atomic E-state index is 0.00714. The fourth-order valence-electron chi connectivity index (χ4n) is 4.06. The monoisotopic (exact) mass is 565 g/mol. The Morgan fingerprint density at radius 1 is 1.17 bits per heavy atom. The standard InChI is InChI=1S/C25H25Cl2N3O4S2/c1-34-24(32)18-5-3-17(4-6-18)22-14-35-25(29-22)36-15-23(31)28-19-8-10-30(33,11-9-19)13-16-2-7-20(26)21(27)12-16/h2-7,12,14,19H,8-11,13,15H2,1H3,(H,28,31). The van der Waals surface area contributed by atoms with Crippen LogP contribution < -0.4 is 5.32 Å². The van der Waals surface area contributed by atoms with Gasteiger partial charge in [-0.05, 0) is 24.3 Å². The first-order valence-corrected chi connectivity index (χ1v) is 13.9. The molecule has 7 nitrogen and oxygen atoms in total. The predicted molar refractivity (Wildman–Crippen MR) is 144 cm³/mol. The van der Waals surface area contributed by atoms with Crippen molar-refractivity contribution in [2.75, 3.05) is 26.0 Å². The Morgan fingerprint density at radius 2 is 1.89 bits per heavy atom. The number of nitrogens with one attached hydrogen (secondary N) is 1. The molecule has 2 aromatic carbocycles. The van der Waals surface area contributed by atoms with E-state index in [2.05, 4.69) is 10.3 Å². The number of ether oxygens (including phenoxy) is 1. The zero-order valence-corrected chi connectivity index (χ0v) is 22.7. The summed E-state index contributed by atoms with van der Waals surface area (Å²) in [5, 5.41) is 19.0. The van der Waals surface area contributed by atoms with Crippen molar-refractivity contribution in [1.82, 2.24) is 10.3 Å². The van der Waals surface area contributed by atoms with E-state index < -0.39 is 0 Å². The Labute approximate surface area is 227 Å². The summed E-state index contributed by atoms with van der Waals surface area (Å²) in [7, 11) is 1.35. The maximum absolute atomic E-state index is 13.1. The van der Waals surface area contributed by atoms with Gasteiger partial charge in [0.2, 0.25) is 5.91 Å². The molecule has 0 saturated carbocycles. The Kier molecular flexibility index (Phi) is 8.92. The molecular weight excluding hydrogens is 541 g/mol. The molecule has 1 aliphatic heterocycles. The van der Waals surface area contributed by atoms with Crippen molar-refractivity contribution in [1.29, 1.82) is 0 Å². The van der Waals surface area contributed by atoms with E-state index in [-0.39, 0.29) is 28.3 Å². The summed E-state index contributed by atoms with van der Waals surface area (Å²) in [6.45, 7) is 1.21. The van der Waals surface area contributed by atoms with Crippen LogP contribution in [0, 0.1) is 5.21 Å². The maximum Gasteiger partial charge on any atom is 0.337 e. The molecule has 2 heterocycles. The average molecular weight is 567 g/mol.